The van der Waals surface area contributed by atoms with E-state index in [1.54, 1.807) is 17.0 Å². The molecule has 0 aliphatic carbocycles. The fraction of sp³-hybridized carbons (Fsp3) is 0.533. The maximum atomic E-state index is 12.6. The fourth-order valence-corrected chi connectivity index (χ4v) is 2.83. The van der Waals surface area contributed by atoms with Gasteiger partial charge >= 0.3 is 0 Å². The Morgan fingerprint density at radius 1 is 1.33 bits per heavy atom. The van der Waals surface area contributed by atoms with Crippen LogP contribution in [-0.4, -0.2) is 49.8 Å². The van der Waals surface area contributed by atoms with Crippen molar-refractivity contribution in [2.24, 2.45) is 0 Å². The standard InChI is InChI=1S/C15H18ClNO4/c1-2-11-9-17(3-4-19-11)15(18)10-7-12(16)14-13(8-10)20-5-6-21-14/h7-8,11H,2-6,9H2,1H3/t11-/m1/s1. The van der Waals surface area contributed by atoms with Crippen molar-refractivity contribution in [3.8, 4) is 11.5 Å². The molecule has 3 rings (SSSR count). The summed E-state index contributed by atoms with van der Waals surface area (Å²) >= 11 is 6.19. The predicted molar refractivity (Wildman–Crippen MR) is 78.4 cm³/mol. The normalized spacial score (nSPS) is 21.2. The van der Waals surface area contributed by atoms with Crippen molar-refractivity contribution in [2.45, 2.75) is 19.4 Å². The molecular formula is C15H18ClNO4. The number of benzene rings is 1. The van der Waals surface area contributed by atoms with E-state index in [9.17, 15) is 4.79 Å². The highest BCUT2D eigenvalue weighted by molar-refractivity contribution is 6.32. The third-order valence-electron chi connectivity index (χ3n) is 3.73. The molecule has 1 atom stereocenters. The molecular weight excluding hydrogens is 294 g/mol. The average molecular weight is 312 g/mol. The van der Waals surface area contributed by atoms with Gasteiger partial charge in [0.1, 0.15) is 13.2 Å². The second kappa shape index (κ2) is 6.12. The summed E-state index contributed by atoms with van der Waals surface area (Å²) in [5.74, 6) is 1.01. The van der Waals surface area contributed by atoms with Gasteiger partial charge in [0.25, 0.3) is 5.91 Å². The minimum Gasteiger partial charge on any atom is -0.486 e. The van der Waals surface area contributed by atoms with Gasteiger partial charge in [0.2, 0.25) is 0 Å². The Morgan fingerprint density at radius 3 is 2.95 bits per heavy atom. The summed E-state index contributed by atoms with van der Waals surface area (Å²) < 4.78 is 16.6. The molecule has 114 valence electrons. The van der Waals surface area contributed by atoms with Crippen LogP contribution in [0.1, 0.15) is 23.7 Å². The SMILES string of the molecule is CC[C@@H]1CN(C(=O)c2cc(Cl)c3c(c2)OCCO3)CCO1. The second-order valence-electron chi connectivity index (χ2n) is 5.13. The number of fused-ring (bicyclic) bond motifs is 1. The number of carbonyl (C=O) groups excluding carboxylic acids is 1. The van der Waals surface area contributed by atoms with Gasteiger partial charge in [0.15, 0.2) is 11.5 Å². The van der Waals surface area contributed by atoms with E-state index in [-0.39, 0.29) is 12.0 Å². The van der Waals surface area contributed by atoms with E-state index in [1.807, 2.05) is 0 Å². The highest BCUT2D eigenvalue weighted by atomic mass is 35.5. The lowest BCUT2D eigenvalue weighted by molar-refractivity contribution is -0.0226. The Hall–Kier alpha value is -1.46. The van der Waals surface area contributed by atoms with E-state index < -0.39 is 0 Å². The Bertz CT molecular complexity index is 549. The number of amides is 1. The molecule has 1 aromatic rings. The molecule has 2 aliphatic heterocycles. The van der Waals surface area contributed by atoms with Crippen molar-refractivity contribution in [3.63, 3.8) is 0 Å². The maximum absolute atomic E-state index is 12.6. The number of halogens is 1. The van der Waals surface area contributed by atoms with Crippen molar-refractivity contribution in [1.82, 2.24) is 4.90 Å². The summed E-state index contributed by atoms with van der Waals surface area (Å²) in [5, 5.41) is 0.413. The third-order valence-corrected chi connectivity index (χ3v) is 4.01. The summed E-state index contributed by atoms with van der Waals surface area (Å²) in [6.07, 6.45) is 1.00. The van der Waals surface area contributed by atoms with E-state index in [0.29, 0.717) is 55.0 Å². The smallest absolute Gasteiger partial charge is 0.254 e. The largest absolute Gasteiger partial charge is 0.486 e. The van der Waals surface area contributed by atoms with Crippen LogP contribution in [0.3, 0.4) is 0 Å². The Morgan fingerprint density at radius 2 is 2.14 bits per heavy atom. The van der Waals surface area contributed by atoms with Gasteiger partial charge in [0, 0.05) is 18.7 Å². The predicted octanol–water partition coefficient (Wildman–Crippen LogP) is 2.36. The van der Waals surface area contributed by atoms with Crippen LogP contribution in [0.4, 0.5) is 0 Å². The molecule has 1 fully saturated rings. The molecule has 1 saturated heterocycles. The topological polar surface area (TPSA) is 48.0 Å². The Kier molecular flexibility index (Phi) is 4.22. The first-order valence-electron chi connectivity index (χ1n) is 7.19. The van der Waals surface area contributed by atoms with Crippen LogP contribution < -0.4 is 9.47 Å². The molecule has 0 unspecified atom stereocenters. The van der Waals surface area contributed by atoms with Crippen LogP contribution in [0.5, 0.6) is 11.5 Å². The first-order valence-corrected chi connectivity index (χ1v) is 7.57. The van der Waals surface area contributed by atoms with Crippen molar-refractivity contribution >= 4 is 17.5 Å². The lowest BCUT2D eigenvalue weighted by Gasteiger charge is -2.32. The molecule has 1 amide bonds. The number of hydrogen-bond donors (Lipinski definition) is 0. The molecule has 0 bridgehead atoms. The van der Waals surface area contributed by atoms with Crippen LogP contribution in [0.15, 0.2) is 12.1 Å². The van der Waals surface area contributed by atoms with Gasteiger partial charge in [-0.3, -0.25) is 4.79 Å². The molecule has 6 heteroatoms. The Labute approximate surface area is 128 Å². The highest BCUT2D eigenvalue weighted by Crippen LogP contribution is 2.38. The molecule has 0 saturated carbocycles. The molecule has 0 spiro atoms. The van der Waals surface area contributed by atoms with Gasteiger partial charge in [0.05, 0.1) is 17.7 Å². The van der Waals surface area contributed by atoms with Crippen molar-refractivity contribution < 1.29 is 19.0 Å². The molecule has 0 aromatic heterocycles. The molecule has 5 nitrogen and oxygen atoms in total. The molecule has 0 radical (unpaired) electrons. The van der Waals surface area contributed by atoms with Crippen molar-refractivity contribution in [2.75, 3.05) is 32.9 Å². The Balaban J connectivity index is 1.83. The van der Waals surface area contributed by atoms with Crippen LogP contribution in [0.2, 0.25) is 5.02 Å². The van der Waals surface area contributed by atoms with Gasteiger partial charge in [-0.1, -0.05) is 18.5 Å². The molecule has 21 heavy (non-hydrogen) atoms. The number of carbonyl (C=O) groups is 1. The van der Waals surface area contributed by atoms with Gasteiger partial charge in [-0.05, 0) is 18.6 Å². The van der Waals surface area contributed by atoms with E-state index in [4.69, 9.17) is 25.8 Å². The van der Waals surface area contributed by atoms with Crippen molar-refractivity contribution in [3.05, 3.63) is 22.7 Å². The number of morpholine rings is 1. The maximum Gasteiger partial charge on any atom is 0.254 e. The summed E-state index contributed by atoms with van der Waals surface area (Å²) in [6.45, 7) is 4.78. The monoisotopic (exact) mass is 311 g/mol. The van der Waals surface area contributed by atoms with Gasteiger partial charge in [-0.15, -0.1) is 0 Å². The van der Waals surface area contributed by atoms with Gasteiger partial charge < -0.3 is 19.1 Å². The van der Waals surface area contributed by atoms with Gasteiger partial charge in [-0.25, -0.2) is 0 Å². The number of hydrogen-bond acceptors (Lipinski definition) is 4. The zero-order valence-electron chi connectivity index (χ0n) is 11.9. The lowest BCUT2D eigenvalue weighted by atomic mass is 10.1. The minimum absolute atomic E-state index is 0.0457. The van der Waals surface area contributed by atoms with E-state index in [0.717, 1.165) is 6.42 Å². The van der Waals surface area contributed by atoms with Crippen LogP contribution >= 0.6 is 11.6 Å². The number of ether oxygens (including phenoxy) is 3. The highest BCUT2D eigenvalue weighted by Gasteiger charge is 2.26. The molecule has 0 N–H and O–H groups in total. The summed E-state index contributed by atoms with van der Waals surface area (Å²) in [6, 6.07) is 3.35. The third kappa shape index (κ3) is 2.94. The summed E-state index contributed by atoms with van der Waals surface area (Å²) in [4.78, 5) is 14.4. The fourth-order valence-electron chi connectivity index (χ4n) is 2.57. The van der Waals surface area contributed by atoms with Gasteiger partial charge in [-0.2, -0.15) is 0 Å². The average Bonchev–Trinajstić information content (AvgIpc) is 2.54. The molecule has 1 aromatic carbocycles. The molecule has 2 heterocycles. The summed E-state index contributed by atoms with van der Waals surface area (Å²) in [5.41, 5.74) is 0.529. The van der Waals surface area contributed by atoms with Crippen LogP contribution in [0, 0.1) is 0 Å². The van der Waals surface area contributed by atoms with E-state index in [1.165, 1.54) is 0 Å². The number of nitrogens with zero attached hydrogens (tertiary/aromatic N) is 1. The second-order valence-corrected chi connectivity index (χ2v) is 5.54. The van der Waals surface area contributed by atoms with E-state index >= 15 is 0 Å². The van der Waals surface area contributed by atoms with E-state index in [2.05, 4.69) is 6.92 Å². The van der Waals surface area contributed by atoms with Crippen molar-refractivity contribution in [1.29, 1.82) is 0 Å². The van der Waals surface area contributed by atoms with Crippen LogP contribution in [-0.2, 0) is 4.74 Å². The quantitative estimate of drug-likeness (QED) is 0.841. The number of rotatable bonds is 2. The first-order chi connectivity index (χ1) is 10.2. The minimum atomic E-state index is -0.0457. The first kappa shape index (κ1) is 14.5. The summed E-state index contributed by atoms with van der Waals surface area (Å²) in [7, 11) is 0. The zero-order chi connectivity index (χ0) is 14.8. The lowest BCUT2D eigenvalue weighted by Crippen LogP contribution is -2.45. The zero-order valence-corrected chi connectivity index (χ0v) is 12.7. The van der Waals surface area contributed by atoms with Crippen LogP contribution in [0.25, 0.3) is 0 Å². The molecule has 2 aliphatic rings.